The highest BCUT2D eigenvalue weighted by atomic mass is 35.5. The summed E-state index contributed by atoms with van der Waals surface area (Å²) < 4.78 is 5.05. The molecule has 0 aromatic heterocycles. The molecule has 0 saturated carbocycles. The summed E-state index contributed by atoms with van der Waals surface area (Å²) in [6, 6.07) is 5.05. The van der Waals surface area contributed by atoms with Gasteiger partial charge in [0.1, 0.15) is 5.75 Å². The maximum Gasteiger partial charge on any atom is 0.167 e. The number of Topliss-reactive ketones (excluding diaryl/α,β-unsaturated/α-hetero) is 1. The molecule has 0 heterocycles. The lowest BCUT2D eigenvalue weighted by atomic mass is 9.88. The van der Waals surface area contributed by atoms with Crippen LogP contribution in [0.25, 0.3) is 0 Å². The Morgan fingerprint density at radius 1 is 1.47 bits per heavy atom. The SMILES string of the molecule is COc1ccc(C(=O)C(CN)C(C)C)cc1Cl. The number of hydrogen-bond acceptors (Lipinski definition) is 3. The van der Waals surface area contributed by atoms with Crippen molar-refractivity contribution in [3.63, 3.8) is 0 Å². The zero-order valence-electron chi connectivity index (χ0n) is 10.4. The molecule has 0 spiro atoms. The normalized spacial score (nSPS) is 12.6. The fourth-order valence-corrected chi connectivity index (χ4v) is 1.97. The number of ketones is 1. The Balaban J connectivity index is 3.00. The van der Waals surface area contributed by atoms with Crippen molar-refractivity contribution in [1.82, 2.24) is 0 Å². The number of ether oxygens (including phenoxy) is 1. The number of halogens is 1. The molecule has 1 unspecified atom stereocenters. The summed E-state index contributed by atoms with van der Waals surface area (Å²) >= 11 is 5.99. The number of methoxy groups -OCH3 is 1. The molecule has 4 heteroatoms. The van der Waals surface area contributed by atoms with Crippen molar-refractivity contribution in [2.24, 2.45) is 17.6 Å². The highest BCUT2D eigenvalue weighted by molar-refractivity contribution is 6.32. The summed E-state index contributed by atoms with van der Waals surface area (Å²) in [7, 11) is 1.54. The van der Waals surface area contributed by atoms with Crippen molar-refractivity contribution in [3.05, 3.63) is 28.8 Å². The molecule has 0 aliphatic heterocycles. The summed E-state index contributed by atoms with van der Waals surface area (Å²) in [4.78, 5) is 12.2. The summed E-state index contributed by atoms with van der Waals surface area (Å²) in [5, 5.41) is 0.442. The molecule has 0 aliphatic carbocycles. The van der Waals surface area contributed by atoms with Crippen molar-refractivity contribution in [1.29, 1.82) is 0 Å². The largest absolute Gasteiger partial charge is 0.495 e. The van der Waals surface area contributed by atoms with Crippen LogP contribution in [0.2, 0.25) is 5.02 Å². The van der Waals surface area contributed by atoms with Crippen LogP contribution in [0.5, 0.6) is 5.75 Å². The maximum absolute atomic E-state index is 12.2. The van der Waals surface area contributed by atoms with E-state index in [1.54, 1.807) is 25.3 Å². The van der Waals surface area contributed by atoms with Crippen molar-refractivity contribution in [2.75, 3.05) is 13.7 Å². The highest BCUT2D eigenvalue weighted by Gasteiger charge is 2.22. The Morgan fingerprint density at radius 3 is 2.53 bits per heavy atom. The van der Waals surface area contributed by atoms with Crippen LogP contribution in [0, 0.1) is 11.8 Å². The van der Waals surface area contributed by atoms with Crippen molar-refractivity contribution in [3.8, 4) is 5.75 Å². The van der Waals surface area contributed by atoms with E-state index in [1.807, 2.05) is 13.8 Å². The van der Waals surface area contributed by atoms with E-state index >= 15 is 0 Å². The molecule has 94 valence electrons. The number of benzene rings is 1. The molecule has 2 N–H and O–H groups in total. The molecule has 1 rings (SSSR count). The second-order valence-corrected chi connectivity index (χ2v) is 4.71. The first-order chi connectivity index (χ1) is 8.01. The predicted octanol–water partition coefficient (Wildman–Crippen LogP) is 2.76. The van der Waals surface area contributed by atoms with E-state index in [1.165, 1.54) is 0 Å². The van der Waals surface area contributed by atoms with Gasteiger partial charge in [0.25, 0.3) is 0 Å². The minimum absolute atomic E-state index is 0.0343. The van der Waals surface area contributed by atoms with Crippen LogP contribution in [0.4, 0.5) is 0 Å². The van der Waals surface area contributed by atoms with Gasteiger partial charge in [-0.15, -0.1) is 0 Å². The number of carbonyl (C=O) groups excluding carboxylic acids is 1. The summed E-state index contributed by atoms with van der Waals surface area (Å²) in [6.07, 6.45) is 0. The number of carbonyl (C=O) groups is 1. The molecule has 0 saturated heterocycles. The molecule has 3 nitrogen and oxygen atoms in total. The molecule has 17 heavy (non-hydrogen) atoms. The molecule has 1 aromatic carbocycles. The smallest absolute Gasteiger partial charge is 0.167 e. The Bertz CT molecular complexity index is 404. The van der Waals surface area contributed by atoms with Gasteiger partial charge in [-0.2, -0.15) is 0 Å². The predicted molar refractivity (Wildman–Crippen MR) is 69.7 cm³/mol. The topological polar surface area (TPSA) is 52.3 Å². The summed E-state index contributed by atoms with van der Waals surface area (Å²) in [5.41, 5.74) is 6.21. The Hall–Kier alpha value is -1.06. The third-order valence-electron chi connectivity index (χ3n) is 2.83. The highest BCUT2D eigenvalue weighted by Crippen LogP contribution is 2.27. The average Bonchev–Trinajstić information content (AvgIpc) is 2.29. The van der Waals surface area contributed by atoms with E-state index in [0.717, 1.165) is 0 Å². The zero-order chi connectivity index (χ0) is 13.0. The van der Waals surface area contributed by atoms with Gasteiger partial charge in [-0.1, -0.05) is 25.4 Å². The first-order valence-electron chi connectivity index (χ1n) is 5.59. The van der Waals surface area contributed by atoms with Crippen LogP contribution in [0.1, 0.15) is 24.2 Å². The number of hydrogen-bond donors (Lipinski definition) is 1. The van der Waals surface area contributed by atoms with Crippen LogP contribution < -0.4 is 10.5 Å². The lowest BCUT2D eigenvalue weighted by Gasteiger charge is -2.17. The van der Waals surface area contributed by atoms with Crippen LogP contribution >= 0.6 is 11.6 Å². The van der Waals surface area contributed by atoms with Crippen molar-refractivity contribution < 1.29 is 9.53 Å². The number of rotatable bonds is 5. The first-order valence-corrected chi connectivity index (χ1v) is 5.96. The van der Waals surface area contributed by atoms with Crippen LogP contribution in [0.3, 0.4) is 0 Å². The Morgan fingerprint density at radius 2 is 2.12 bits per heavy atom. The van der Waals surface area contributed by atoms with Gasteiger partial charge in [0.2, 0.25) is 0 Å². The third kappa shape index (κ3) is 3.20. The lowest BCUT2D eigenvalue weighted by Crippen LogP contribution is -2.28. The van der Waals surface area contributed by atoms with Crippen LogP contribution in [0.15, 0.2) is 18.2 Å². The average molecular weight is 256 g/mol. The van der Waals surface area contributed by atoms with Crippen molar-refractivity contribution >= 4 is 17.4 Å². The molecular weight excluding hydrogens is 238 g/mol. The molecule has 0 bridgehead atoms. The minimum Gasteiger partial charge on any atom is -0.495 e. The van der Waals surface area contributed by atoms with Gasteiger partial charge in [0.15, 0.2) is 5.78 Å². The van der Waals surface area contributed by atoms with Gasteiger partial charge in [-0.05, 0) is 24.1 Å². The second kappa shape index (κ2) is 6.03. The maximum atomic E-state index is 12.2. The zero-order valence-corrected chi connectivity index (χ0v) is 11.1. The van der Waals surface area contributed by atoms with E-state index in [-0.39, 0.29) is 17.6 Å². The fourth-order valence-electron chi connectivity index (χ4n) is 1.72. The van der Waals surface area contributed by atoms with E-state index in [0.29, 0.717) is 22.9 Å². The summed E-state index contributed by atoms with van der Waals surface area (Å²) in [5.74, 6) is 0.650. The van der Waals surface area contributed by atoms with Gasteiger partial charge in [0.05, 0.1) is 12.1 Å². The quantitative estimate of drug-likeness (QED) is 0.823. The molecule has 0 fully saturated rings. The van der Waals surface area contributed by atoms with Gasteiger partial charge in [-0.3, -0.25) is 4.79 Å². The monoisotopic (exact) mass is 255 g/mol. The molecule has 1 atom stereocenters. The molecular formula is C13H18ClNO2. The van der Waals surface area contributed by atoms with Gasteiger partial charge >= 0.3 is 0 Å². The van der Waals surface area contributed by atoms with Crippen LogP contribution in [-0.2, 0) is 0 Å². The molecule has 1 aromatic rings. The van der Waals surface area contributed by atoms with E-state index in [4.69, 9.17) is 22.1 Å². The van der Waals surface area contributed by atoms with Crippen molar-refractivity contribution in [2.45, 2.75) is 13.8 Å². The Kier molecular flexibility index (Phi) is 4.97. The minimum atomic E-state index is -0.167. The molecule has 0 aliphatic rings. The standard InChI is InChI=1S/C13H18ClNO2/c1-8(2)10(7-15)13(16)9-4-5-12(17-3)11(14)6-9/h4-6,8,10H,7,15H2,1-3H3. The van der Waals surface area contributed by atoms with Gasteiger partial charge in [-0.25, -0.2) is 0 Å². The second-order valence-electron chi connectivity index (χ2n) is 4.30. The molecule has 0 radical (unpaired) electrons. The van der Waals surface area contributed by atoms with Crippen LogP contribution in [-0.4, -0.2) is 19.4 Å². The lowest BCUT2D eigenvalue weighted by molar-refractivity contribution is 0.0892. The van der Waals surface area contributed by atoms with E-state index in [9.17, 15) is 4.79 Å². The first kappa shape index (κ1) is 14.0. The fraction of sp³-hybridized carbons (Fsp3) is 0.462. The third-order valence-corrected chi connectivity index (χ3v) is 3.13. The van der Waals surface area contributed by atoms with Gasteiger partial charge < -0.3 is 10.5 Å². The van der Waals surface area contributed by atoms with E-state index in [2.05, 4.69) is 0 Å². The molecule has 0 amide bonds. The van der Waals surface area contributed by atoms with Gasteiger partial charge in [0, 0.05) is 18.0 Å². The summed E-state index contributed by atoms with van der Waals surface area (Å²) in [6.45, 7) is 4.32. The number of nitrogens with two attached hydrogens (primary N) is 1. The Labute approximate surface area is 107 Å². The van der Waals surface area contributed by atoms with E-state index < -0.39 is 0 Å².